The van der Waals surface area contributed by atoms with Crippen LogP contribution < -0.4 is 21.4 Å². The Labute approximate surface area is 468 Å². The quantitative estimate of drug-likeness (QED) is 0.0236. The number of nitrogens with zero attached hydrogens (tertiary/aromatic N) is 5. The summed E-state index contributed by atoms with van der Waals surface area (Å²) in [5.41, 5.74) is 1.90. The number of methoxy groups -OCH3 is 2. The number of pyridine rings is 1. The number of carbonyl (C=O) groups excluding carboxylic acids is 4. The van der Waals surface area contributed by atoms with Gasteiger partial charge in [0, 0.05) is 85.0 Å². The summed E-state index contributed by atoms with van der Waals surface area (Å²) in [5, 5.41) is 14.7. The number of nitrogens with two attached hydrogens (primary N) is 1. The molecule has 0 radical (unpaired) electrons. The van der Waals surface area contributed by atoms with Crippen molar-refractivity contribution in [2.45, 2.75) is 116 Å². The van der Waals surface area contributed by atoms with Gasteiger partial charge >= 0.3 is 24.4 Å². The number of nitrogens with one attached hydrogen (secondary N) is 2. The third kappa shape index (κ3) is 17.1. The highest BCUT2D eigenvalue weighted by molar-refractivity contribution is 5.89. The molecule has 0 unspecified atom stereocenters. The summed E-state index contributed by atoms with van der Waals surface area (Å²) < 4.78 is 159. The van der Waals surface area contributed by atoms with Crippen LogP contribution in [0.5, 0.6) is 0 Å². The third-order valence-corrected chi connectivity index (χ3v) is 14.8. The second-order valence-corrected chi connectivity index (χ2v) is 21.4. The first kappa shape index (κ1) is 66.0. The SMILES string of the molecule is COC(=O)C[C@H](C(=O)NN(Cc1c(F)cc(C(N)=CC=NCC(F)F)cc1F)C[C@H](O)[C@@H](CC(=O)[C@@H](NC(=O)OC)C(C)(C)C(F)(F)F)Cc1ccc(C#Cc2ccc(N3C[C@@H](C)N(C4COC4)C[C@H]3C)nc2)cc1)C(C)(C)C(F)(F)F. The number of amides is 2. The van der Waals surface area contributed by atoms with E-state index in [1.54, 1.807) is 18.3 Å². The number of piperazine rings is 1. The number of allylic oxidation sites excluding steroid dienone is 1. The van der Waals surface area contributed by atoms with Crippen LogP contribution >= 0.6 is 0 Å². The van der Waals surface area contributed by atoms with Gasteiger partial charge in [0.25, 0.3) is 6.43 Å². The van der Waals surface area contributed by atoms with Crippen molar-refractivity contribution in [3.05, 3.63) is 100 Å². The predicted molar refractivity (Wildman–Crippen MR) is 283 cm³/mol. The third-order valence-electron chi connectivity index (χ3n) is 14.8. The number of alkyl halides is 8. The summed E-state index contributed by atoms with van der Waals surface area (Å²) in [6.07, 6.45) is -15.6. The lowest BCUT2D eigenvalue weighted by Crippen LogP contribution is -2.63. The number of esters is 1. The van der Waals surface area contributed by atoms with Crippen molar-refractivity contribution in [3.8, 4) is 11.8 Å². The molecule has 5 N–H and O–H groups in total. The molecule has 3 heterocycles. The molecule has 0 saturated carbocycles. The van der Waals surface area contributed by atoms with Gasteiger partial charge in [0.1, 0.15) is 23.5 Å². The molecule has 2 fully saturated rings. The molecular weight excluding hydrogens is 1100 g/mol. The Balaban J connectivity index is 1.50. The molecule has 450 valence electrons. The van der Waals surface area contributed by atoms with Crippen molar-refractivity contribution in [2.75, 3.05) is 58.5 Å². The van der Waals surface area contributed by atoms with E-state index in [-0.39, 0.29) is 29.8 Å². The standard InChI is InChI=1S/C56H68F10N8O8/c1-32-27-74(33(2)26-73(32)39-30-82-31-39)48-16-15-36(24-69-48)14-11-34-9-12-35(13-10-34)19-38(22-45(75)50(70-52(79)81-8)54(5,6)56(64,65)66)46(76)29-72(71-51(78)41(23-49(77)80-7)53(3,4)55(61,62)63)28-40-42(57)20-37(21-43(40)58)44(67)17-18-68-25-47(59)60/h9-10,12-13,15-18,20-21,24,32-33,38-39,41,46-47,50,76H,19,22-23,25-31,67H2,1-8H3,(H,70,79)(H,71,78)/t32-,33-,38-,41-,46+,50-/m1/s1. The summed E-state index contributed by atoms with van der Waals surface area (Å²) in [6, 6.07) is 9.82. The molecule has 2 aliphatic heterocycles. The average Bonchev–Trinajstić information content (AvgIpc) is 3.54. The zero-order chi connectivity index (χ0) is 61.1. The first-order valence-electron chi connectivity index (χ1n) is 26.0. The Morgan fingerprint density at radius 2 is 1.50 bits per heavy atom. The zero-order valence-electron chi connectivity index (χ0n) is 46.4. The van der Waals surface area contributed by atoms with Crippen LogP contribution in [-0.4, -0.2) is 153 Å². The maximum Gasteiger partial charge on any atom is 0.407 e. The van der Waals surface area contributed by atoms with Gasteiger partial charge in [0.2, 0.25) is 5.91 Å². The zero-order valence-corrected chi connectivity index (χ0v) is 46.4. The van der Waals surface area contributed by atoms with Crippen molar-refractivity contribution < 1.29 is 82.4 Å². The number of aliphatic hydroxyl groups is 1. The monoisotopic (exact) mass is 1170 g/mol. The highest BCUT2D eigenvalue weighted by Crippen LogP contribution is 2.46. The maximum atomic E-state index is 16.0. The van der Waals surface area contributed by atoms with Crippen LogP contribution in [0.1, 0.15) is 82.2 Å². The molecular formula is C56H68F10N8O8. The van der Waals surface area contributed by atoms with E-state index < -0.39 is 127 Å². The lowest BCUT2D eigenvalue weighted by Gasteiger charge is -2.49. The van der Waals surface area contributed by atoms with Crippen molar-refractivity contribution in [2.24, 2.45) is 33.4 Å². The summed E-state index contributed by atoms with van der Waals surface area (Å²) in [5.74, 6) is -3.82. The van der Waals surface area contributed by atoms with Gasteiger partial charge in [-0.3, -0.25) is 29.7 Å². The number of hydrogen-bond donors (Lipinski definition) is 4. The first-order chi connectivity index (χ1) is 38.3. The van der Waals surface area contributed by atoms with Crippen molar-refractivity contribution in [1.82, 2.24) is 25.6 Å². The number of halogens is 10. The Bertz CT molecular complexity index is 2800. The van der Waals surface area contributed by atoms with Crippen LogP contribution in [0.3, 0.4) is 0 Å². The maximum absolute atomic E-state index is 16.0. The van der Waals surface area contributed by atoms with Gasteiger partial charge in [0.05, 0.1) is 69.3 Å². The highest BCUT2D eigenvalue weighted by Gasteiger charge is 2.57. The van der Waals surface area contributed by atoms with Gasteiger partial charge in [-0.15, -0.1) is 0 Å². The fourth-order valence-corrected chi connectivity index (χ4v) is 9.28. The van der Waals surface area contributed by atoms with E-state index in [1.165, 1.54) is 12.1 Å². The Hall–Kier alpha value is -6.82. The van der Waals surface area contributed by atoms with Crippen LogP contribution in [0.4, 0.5) is 54.5 Å². The van der Waals surface area contributed by atoms with Gasteiger partial charge in [-0.2, -0.15) is 26.3 Å². The minimum atomic E-state index is -5.16. The molecule has 6 atom stereocenters. The number of anilines is 1. The predicted octanol–water partition coefficient (Wildman–Crippen LogP) is 7.79. The average molecular weight is 1170 g/mol. The number of ketones is 1. The van der Waals surface area contributed by atoms with Crippen molar-refractivity contribution >= 4 is 41.5 Å². The van der Waals surface area contributed by atoms with Crippen LogP contribution in [0, 0.1) is 46.1 Å². The van der Waals surface area contributed by atoms with Gasteiger partial charge in [-0.25, -0.2) is 32.3 Å². The Morgan fingerprint density at radius 3 is 2.04 bits per heavy atom. The van der Waals surface area contributed by atoms with E-state index in [0.717, 1.165) is 45.4 Å². The summed E-state index contributed by atoms with van der Waals surface area (Å²) in [6.45, 7) is 6.81. The van der Waals surface area contributed by atoms with Crippen LogP contribution in [0.25, 0.3) is 5.70 Å². The van der Waals surface area contributed by atoms with E-state index in [4.69, 9.17) is 10.5 Å². The number of alkyl carbamates (subject to hydrolysis) is 1. The normalized spacial score (nSPS) is 18.3. The molecule has 2 saturated heterocycles. The summed E-state index contributed by atoms with van der Waals surface area (Å²) in [4.78, 5) is 66.0. The number of ether oxygens (including phenoxy) is 3. The van der Waals surface area contributed by atoms with E-state index in [1.807, 2.05) is 17.4 Å². The molecule has 0 bridgehead atoms. The number of aromatic nitrogens is 1. The van der Waals surface area contributed by atoms with E-state index in [0.29, 0.717) is 80.8 Å². The molecule has 2 aliphatic rings. The number of carbonyl (C=O) groups is 4. The Kier molecular flexibility index (Phi) is 22.5. The molecule has 3 aromatic rings. The molecule has 2 aromatic carbocycles. The van der Waals surface area contributed by atoms with E-state index in [2.05, 4.69) is 60.4 Å². The molecule has 2 amide bonds. The molecule has 5 rings (SSSR count). The first-order valence-corrected chi connectivity index (χ1v) is 26.0. The van der Waals surface area contributed by atoms with Gasteiger partial charge in [0.15, 0.2) is 5.78 Å². The fraction of sp³-hybridized carbons (Fsp3) is 0.536. The smallest absolute Gasteiger partial charge is 0.407 e. The van der Waals surface area contributed by atoms with Crippen LogP contribution in [0.15, 0.2) is 65.8 Å². The lowest BCUT2D eigenvalue weighted by molar-refractivity contribution is -0.231. The second kappa shape index (κ2) is 28.0. The summed E-state index contributed by atoms with van der Waals surface area (Å²) in [7, 11) is 1.69. The number of aliphatic imine (C=N–C) groups is 1. The van der Waals surface area contributed by atoms with Crippen molar-refractivity contribution in [3.63, 3.8) is 0 Å². The lowest BCUT2D eigenvalue weighted by atomic mass is 9.75. The molecule has 16 nitrogen and oxygen atoms in total. The van der Waals surface area contributed by atoms with Gasteiger partial charge in [-0.1, -0.05) is 37.8 Å². The summed E-state index contributed by atoms with van der Waals surface area (Å²) >= 11 is 0. The van der Waals surface area contributed by atoms with E-state index in [9.17, 15) is 59.4 Å². The van der Waals surface area contributed by atoms with Crippen LogP contribution in [-0.2, 0) is 41.6 Å². The molecule has 26 heteroatoms. The van der Waals surface area contributed by atoms with Crippen LogP contribution in [0.2, 0.25) is 0 Å². The van der Waals surface area contributed by atoms with Crippen molar-refractivity contribution in [1.29, 1.82) is 0 Å². The number of benzene rings is 2. The number of rotatable bonds is 23. The molecule has 82 heavy (non-hydrogen) atoms. The largest absolute Gasteiger partial charge is 0.469 e. The topological polar surface area (TPSA) is 201 Å². The number of hydrazine groups is 1. The minimum Gasteiger partial charge on any atom is -0.469 e. The minimum absolute atomic E-state index is 0.186. The second-order valence-electron chi connectivity index (χ2n) is 21.4. The number of Topliss-reactive ketones (excluding diaryl/α,β-unsaturated/α-hetero) is 1. The van der Waals surface area contributed by atoms with E-state index >= 15 is 8.78 Å². The Morgan fingerprint density at radius 1 is 0.890 bits per heavy atom. The molecule has 0 spiro atoms. The van der Waals surface area contributed by atoms with Gasteiger partial charge < -0.3 is 35.3 Å². The number of hydrogen-bond acceptors (Lipinski definition) is 14. The molecule has 0 aliphatic carbocycles. The molecule has 1 aromatic heterocycles. The number of aliphatic hydroxyl groups excluding tert-OH is 1. The van der Waals surface area contributed by atoms with Gasteiger partial charge in [-0.05, 0) is 88.1 Å². The fourth-order valence-electron chi connectivity index (χ4n) is 9.28. The highest BCUT2D eigenvalue weighted by atomic mass is 19.4.